The quantitative estimate of drug-likeness (QED) is 0.703. The highest BCUT2D eigenvalue weighted by Crippen LogP contribution is 2.16. The topological polar surface area (TPSA) is 58.9 Å². The van der Waals surface area contributed by atoms with Crippen LogP contribution in [-0.4, -0.2) is 14.8 Å². The summed E-state index contributed by atoms with van der Waals surface area (Å²) in [7, 11) is 0. The van der Waals surface area contributed by atoms with Crippen molar-refractivity contribution in [3.8, 4) is 0 Å². The SMILES string of the molecule is Cc1ccc(C)c(NC(=S)Nn2c(C)nc3ccccc3c2=O)c1. The third kappa shape index (κ3) is 3.14. The van der Waals surface area contributed by atoms with Gasteiger partial charge in [0.25, 0.3) is 5.56 Å². The summed E-state index contributed by atoms with van der Waals surface area (Å²) in [5, 5.41) is 4.02. The number of benzene rings is 2. The van der Waals surface area contributed by atoms with Crippen molar-refractivity contribution in [3.05, 3.63) is 69.8 Å². The predicted molar refractivity (Wildman–Crippen MR) is 102 cm³/mol. The van der Waals surface area contributed by atoms with Gasteiger partial charge in [-0.1, -0.05) is 24.3 Å². The zero-order valence-electron chi connectivity index (χ0n) is 13.8. The minimum absolute atomic E-state index is 0.178. The van der Waals surface area contributed by atoms with Gasteiger partial charge in [-0.3, -0.25) is 10.2 Å². The van der Waals surface area contributed by atoms with Gasteiger partial charge >= 0.3 is 0 Å². The molecule has 24 heavy (non-hydrogen) atoms. The van der Waals surface area contributed by atoms with Crippen LogP contribution in [0.4, 0.5) is 5.69 Å². The van der Waals surface area contributed by atoms with E-state index in [0.717, 1.165) is 16.8 Å². The molecule has 122 valence electrons. The zero-order chi connectivity index (χ0) is 17.3. The molecule has 1 aromatic heterocycles. The molecule has 6 heteroatoms. The number of hydrogen-bond donors (Lipinski definition) is 2. The molecule has 0 saturated heterocycles. The summed E-state index contributed by atoms with van der Waals surface area (Å²) >= 11 is 5.35. The molecule has 0 radical (unpaired) electrons. The van der Waals surface area contributed by atoms with E-state index in [0.29, 0.717) is 21.8 Å². The second-order valence-electron chi connectivity index (χ2n) is 5.70. The van der Waals surface area contributed by atoms with Gasteiger partial charge in [-0.15, -0.1) is 0 Å². The van der Waals surface area contributed by atoms with Gasteiger partial charge in [0.2, 0.25) is 0 Å². The molecule has 0 fully saturated rings. The summed E-state index contributed by atoms with van der Waals surface area (Å²) in [6, 6.07) is 13.3. The Hall–Kier alpha value is -2.73. The molecule has 0 spiro atoms. The Morgan fingerprint density at radius 1 is 1.12 bits per heavy atom. The first-order valence-corrected chi connectivity index (χ1v) is 8.00. The van der Waals surface area contributed by atoms with Gasteiger partial charge < -0.3 is 5.32 Å². The van der Waals surface area contributed by atoms with Gasteiger partial charge in [0.15, 0.2) is 5.11 Å². The lowest BCUT2D eigenvalue weighted by Gasteiger charge is -2.16. The standard InChI is InChI=1S/C18H18N4OS/c1-11-8-9-12(2)16(10-11)20-18(24)21-22-13(3)19-15-7-5-4-6-14(15)17(22)23/h4-10H,1-3H3,(H2,20,21,24). The molecular formula is C18H18N4OS. The van der Waals surface area contributed by atoms with Gasteiger partial charge in [0.05, 0.1) is 10.9 Å². The van der Waals surface area contributed by atoms with E-state index >= 15 is 0 Å². The molecule has 1 heterocycles. The van der Waals surface area contributed by atoms with E-state index in [2.05, 4.69) is 15.7 Å². The predicted octanol–water partition coefficient (Wildman–Crippen LogP) is 3.26. The van der Waals surface area contributed by atoms with E-state index in [9.17, 15) is 4.79 Å². The summed E-state index contributed by atoms with van der Waals surface area (Å²) in [6.07, 6.45) is 0. The second-order valence-corrected chi connectivity index (χ2v) is 6.11. The highest BCUT2D eigenvalue weighted by molar-refractivity contribution is 7.80. The third-order valence-electron chi connectivity index (χ3n) is 3.80. The molecule has 0 amide bonds. The van der Waals surface area contributed by atoms with Crippen molar-refractivity contribution in [3.63, 3.8) is 0 Å². The first-order valence-electron chi connectivity index (χ1n) is 7.59. The maximum absolute atomic E-state index is 12.6. The van der Waals surface area contributed by atoms with Crippen LogP contribution in [0.1, 0.15) is 17.0 Å². The molecular weight excluding hydrogens is 320 g/mol. The second kappa shape index (κ2) is 6.41. The van der Waals surface area contributed by atoms with E-state index < -0.39 is 0 Å². The fourth-order valence-electron chi connectivity index (χ4n) is 2.50. The maximum atomic E-state index is 12.6. The minimum Gasteiger partial charge on any atom is -0.331 e. The van der Waals surface area contributed by atoms with Crippen molar-refractivity contribution in [2.75, 3.05) is 10.7 Å². The van der Waals surface area contributed by atoms with Gasteiger partial charge in [-0.05, 0) is 62.3 Å². The molecule has 0 bridgehead atoms. The minimum atomic E-state index is -0.178. The normalized spacial score (nSPS) is 10.6. The van der Waals surface area contributed by atoms with Gasteiger partial charge in [0.1, 0.15) is 5.82 Å². The molecule has 2 N–H and O–H groups in total. The van der Waals surface area contributed by atoms with E-state index in [4.69, 9.17) is 12.2 Å². The molecule has 2 aromatic carbocycles. The lowest BCUT2D eigenvalue weighted by atomic mass is 10.1. The number of rotatable bonds is 2. The summed E-state index contributed by atoms with van der Waals surface area (Å²) in [5.74, 6) is 0.545. The van der Waals surface area contributed by atoms with Crippen LogP contribution in [0.2, 0.25) is 0 Å². The number of nitrogens with zero attached hydrogens (tertiary/aromatic N) is 2. The largest absolute Gasteiger partial charge is 0.331 e. The van der Waals surface area contributed by atoms with Crippen LogP contribution in [0.5, 0.6) is 0 Å². The molecule has 3 rings (SSSR count). The van der Waals surface area contributed by atoms with E-state index in [-0.39, 0.29) is 5.56 Å². The van der Waals surface area contributed by atoms with Crippen molar-refractivity contribution in [2.45, 2.75) is 20.8 Å². The smallest absolute Gasteiger partial charge is 0.280 e. The molecule has 0 atom stereocenters. The van der Waals surface area contributed by atoms with Crippen LogP contribution < -0.4 is 16.3 Å². The summed E-state index contributed by atoms with van der Waals surface area (Å²) in [5.41, 5.74) is 6.54. The van der Waals surface area contributed by atoms with Crippen molar-refractivity contribution >= 4 is 33.9 Å². The zero-order valence-corrected chi connectivity index (χ0v) is 14.6. The Labute approximate surface area is 145 Å². The van der Waals surface area contributed by atoms with Crippen LogP contribution in [0.25, 0.3) is 10.9 Å². The molecule has 0 aliphatic heterocycles. The van der Waals surface area contributed by atoms with E-state index in [1.807, 2.05) is 50.2 Å². The van der Waals surface area contributed by atoms with Crippen molar-refractivity contribution in [1.82, 2.24) is 9.66 Å². The van der Waals surface area contributed by atoms with Gasteiger partial charge in [-0.25, -0.2) is 9.66 Å². The Morgan fingerprint density at radius 2 is 1.88 bits per heavy atom. The number of fused-ring (bicyclic) bond motifs is 1. The van der Waals surface area contributed by atoms with Crippen molar-refractivity contribution in [1.29, 1.82) is 0 Å². The number of nitrogens with one attached hydrogen (secondary N) is 2. The number of para-hydroxylation sites is 1. The van der Waals surface area contributed by atoms with Crippen LogP contribution in [-0.2, 0) is 0 Å². The number of thiocarbonyl (C=S) groups is 1. The highest BCUT2D eigenvalue weighted by atomic mass is 32.1. The van der Waals surface area contributed by atoms with Crippen LogP contribution >= 0.6 is 12.2 Å². The fraction of sp³-hybridized carbons (Fsp3) is 0.167. The van der Waals surface area contributed by atoms with Gasteiger partial charge in [-0.2, -0.15) is 0 Å². The lowest BCUT2D eigenvalue weighted by molar-refractivity contribution is 0.838. The van der Waals surface area contributed by atoms with Crippen molar-refractivity contribution in [2.24, 2.45) is 0 Å². The Morgan fingerprint density at radius 3 is 2.67 bits per heavy atom. The van der Waals surface area contributed by atoms with E-state index in [1.54, 1.807) is 13.0 Å². The fourth-order valence-corrected chi connectivity index (χ4v) is 2.70. The molecule has 0 saturated carbocycles. The lowest BCUT2D eigenvalue weighted by Crippen LogP contribution is -2.37. The van der Waals surface area contributed by atoms with Crippen LogP contribution in [0.15, 0.2) is 47.3 Å². The molecule has 5 nitrogen and oxygen atoms in total. The molecule has 0 aliphatic carbocycles. The average Bonchev–Trinajstić information content (AvgIpc) is 2.55. The van der Waals surface area contributed by atoms with Gasteiger partial charge in [0, 0.05) is 5.69 Å². The summed E-state index contributed by atoms with van der Waals surface area (Å²) in [4.78, 5) is 17.1. The van der Waals surface area contributed by atoms with E-state index in [1.165, 1.54) is 4.68 Å². The monoisotopic (exact) mass is 338 g/mol. The average molecular weight is 338 g/mol. The third-order valence-corrected chi connectivity index (χ3v) is 3.99. The Bertz CT molecular complexity index is 994. The first kappa shape index (κ1) is 16.1. The number of hydrogen-bond acceptors (Lipinski definition) is 3. The Balaban J connectivity index is 1.91. The number of anilines is 1. The number of aryl methyl sites for hydroxylation is 3. The highest BCUT2D eigenvalue weighted by Gasteiger charge is 2.09. The molecule has 0 aliphatic rings. The van der Waals surface area contributed by atoms with Crippen LogP contribution in [0, 0.1) is 20.8 Å². The molecule has 3 aromatic rings. The summed E-state index contributed by atoms with van der Waals surface area (Å²) < 4.78 is 1.36. The maximum Gasteiger partial charge on any atom is 0.280 e. The first-order chi connectivity index (χ1) is 11.5. The van der Waals surface area contributed by atoms with Crippen LogP contribution in [0.3, 0.4) is 0 Å². The number of aromatic nitrogens is 2. The van der Waals surface area contributed by atoms with Crippen molar-refractivity contribution < 1.29 is 0 Å². The summed E-state index contributed by atoms with van der Waals surface area (Å²) in [6.45, 7) is 5.78. The molecule has 0 unspecified atom stereocenters. The Kier molecular flexibility index (Phi) is 4.31.